The van der Waals surface area contributed by atoms with Gasteiger partial charge >= 0.3 is 0 Å². The van der Waals surface area contributed by atoms with E-state index in [9.17, 15) is 8.42 Å². The molecule has 1 atom stereocenters. The molecule has 2 rings (SSSR count). The second-order valence-corrected chi connectivity index (χ2v) is 7.24. The van der Waals surface area contributed by atoms with Crippen LogP contribution >= 0.6 is 15.9 Å². The van der Waals surface area contributed by atoms with Gasteiger partial charge in [0.15, 0.2) is 0 Å². The zero-order valence-corrected chi connectivity index (χ0v) is 13.1. The van der Waals surface area contributed by atoms with E-state index in [0.29, 0.717) is 13.2 Å². The van der Waals surface area contributed by atoms with Crippen molar-refractivity contribution in [2.24, 2.45) is 0 Å². The van der Waals surface area contributed by atoms with E-state index in [4.69, 9.17) is 4.74 Å². The van der Waals surface area contributed by atoms with Gasteiger partial charge in [0, 0.05) is 24.1 Å². The molecule has 1 aromatic carbocycles. The standard InChI is InChI=1S/C12H17BrN2O3S/c1-15-6-7-18-11(9-15)8-14-19(16,17)12-4-2-10(13)3-5-12/h2-5,11,14H,6-9H2,1H3. The van der Waals surface area contributed by atoms with Gasteiger partial charge in [-0.1, -0.05) is 15.9 Å². The molecule has 5 nitrogen and oxygen atoms in total. The lowest BCUT2D eigenvalue weighted by Gasteiger charge is -2.30. The predicted octanol–water partition coefficient (Wildman–Crippen LogP) is 1.06. The highest BCUT2D eigenvalue weighted by Crippen LogP contribution is 2.14. The fourth-order valence-electron chi connectivity index (χ4n) is 1.89. The van der Waals surface area contributed by atoms with Crippen molar-refractivity contribution in [3.8, 4) is 0 Å². The average molecular weight is 349 g/mol. The van der Waals surface area contributed by atoms with E-state index in [1.54, 1.807) is 24.3 Å². The van der Waals surface area contributed by atoms with Crippen LogP contribution in [0.4, 0.5) is 0 Å². The SMILES string of the molecule is CN1CCOC(CNS(=O)(=O)c2ccc(Br)cc2)C1. The number of benzene rings is 1. The van der Waals surface area contributed by atoms with Crippen LogP contribution in [-0.2, 0) is 14.8 Å². The zero-order chi connectivity index (χ0) is 13.9. The van der Waals surface area contributed by atoms with Crippen molar-refractivity contribution in [1.82, 2.24) is 9.62 Å². The first-order chi connectivity index (χ1) is 8.97. The Bertz CT molecular complexity index is 518. The highest BCUT2D eigenvalue weighted by Gasteiger charge is 2.21. The lowest BCUT2D eigenvalue weighted by atomic mass is 10.3. The van der Waals surface area contributed by atoms with E-state index in [2.05, 4.69) is 25.6 Å². The fourth-order valence-corrected chi connectivity index (χ4v) is 3.22. The number of morpholine rings is 1. The molecule has 1 saturated heterocycles. The van der Waals surface area contributed by atoms with Gasteiger partial charge in [0.25, 0.3) is 0 Å². The number of rotatable bonds is 4. The number of likely N-dealkylation sites (N-methyl/N-ethyl adjacent to an activating group) is 1. The number of nitrogens with zero attached hydrogens (tertiary/aromatic N) is 1. The highest BCUT2D eigenvalue weighted by molar-refractivity contribution is 9.10. The summed E-state index contributed by atoms with van der Waals surface area (Å²) in [7, 11) is -1.46. The van der Waals surface area contributed by atoms with Gasteiger partial charge in [-0.25, -0.2) is 13.1 Å². The smallest absolute Gasteiger partial charge is 0.240 e. The number of ether oxygens (including phenoxy) is 1. The van der Waals surface area contributed by atoms with E-state index in [1.165, 1.54) is 0 Å². The van der Waals surface area contributed by atoms with Crippen LogP contribution in [0.15, 0.2) is 33.6 Å². The molecular formula is C12H17BrN2O3S. The second-order valence-electron chi connectivity index (χ2n) is 4.56. The summed E-state index contributed by atoms with van der Waals surface area (Å²) in [5, 5.41) is 0. The van der Waals surface area contributed by atoms with Crippen LogP contribution in [0.2, 0.25) is 0 Å². The molecular weight excluding hydrogens is 332 g/mol. The maximum absolute atomic E-state index is 12.1. The van der Waals surface area contributed by atoms with Crippen LogP contribution in [-0.4, -0.2) is 52.7 Å². The molecule has 1 heterocycles. The van der Waals surface area contributed by atoms with Gasteiger partial charge in [-0.3, -0.25) is 0 Å². The number of hydrogen-bond donors (Lipinski definition) is 1. The van der Waals surface area contributed by atoms with E-state index >= 15 is 0 Å². The molecule has 0 amide bonds. The van der Waals surface area contributed by atoms with Crippen molar-refractivity contribution in [3.63, 3.8) is 0 Å². The van der Waals surface area contributed by atoms with Crippen LogP contribution in [0, 0.1) is 0 Å². The summed E-state index contributed by atoms with van der Waals surface area (Å²) in [6.45, 7) is 2.56. The van der Waals surface area contributed by atoms with Crippen molar-refractivity contribution >= 4 is 26.0 Å². The maximum Gasteiger partial charge on any atom is 0.240 e. The molecule has 1 unspecified atom stereocenters. The Morgan fingerprint density at radius 2 is 2.11 bits per heavy atom. The van der Waals surface area contributed by atoms with E-state index < -0.39 is 10.0 Å². The monoisotopic (exact) mass is 348 g/mol. The molecule has 0 aliphatic carbocycles. The largest absolute Gasteiger partial charge is 0.374 e. The average Bonchev–Trinajstić information content (AvgIpc) is 2.37. The summed E-state index contributed by atoms with van der Waals surface area (Å²) < 4.78 is 33.1. The minimum atomic E-state index is -3.46. The molecule has 1 aromatic rings. The van der Waals surface area contributed by atoms with Crippen molar-refractivity contribution < 1.29 is 13.2 Å². The molecule has 0 radical (unpaired) electrons. The Balaban J connectivity index is 1.96. The summed E-state index contributed by atoms with van der Waals surface area (Å²) in [4.78, 5) is 2.39. The maximum atomic E-state index is 12.1. The molecule has 1 N–H and O–H groups in total. The van der Waals surface area contributed by atoms with Crippen molar-refractivity contribution in [2.45, 2.75) is 11.0 Å². The van der Waals surface area contributed by atoms with Crippen LogP contribution in [0.5, 0.6) is 0 Å². The first-order valence-corrected chi connectivity index (χ1v) is 8.30. The Hall–Kier alpha value is -0.470. The van der Waals surface area contributed by atoms with Crippen LogP contribution in [0.25, 0.3) is 0 Å². The minimum Gasteiger partial charge on any atom is -0.374 e. The van der Waals surface area contributed by atoms with Gasteiger partial charge in [0.1, 0.15) is 0 Å². The topological polar surface area (TPSA) is 58.6 Å². The third kappa shape index (κ3) is 4.25. The summed E-state index contributed by atoms with van der Waals surface area (Å²) >= 11 is 3.28. The second kappa shape index (κ2) is 6.32. The Labute approximate surface area is 122 Å². The molecule has 1 fully saturated rings. The molecule has 1 aliphatic rings. The molecule has 0 bridgehead atoms. The van der Waals surface area contributed by atoms with Gasteiger partial charge in [-0.15, -0.1) is 0 Å². The number of nitrogens with one attached hydrogen (secondary N) is 1. The molecule has 0 spiro atoms. The number of hydrogen-bond acceptors (Lipinski definition) is 4. The zero-order valence-electron chi connectivity index (χ0n) is 10.7. The van der Waals surface area contributed by atoms with Gasteiger partial charge < -0.3 is 9.64 Å². The van der Waals surface area contributed by atoms with Crippen molar-refractivity contribution in [3.05, 3.63) is 28.7 Å². The first-order valence-electron chi connectivity index (χ1n) is 6.03. The van der Waals surface area contributed by atoms with Crippen LogP contribution < -0.4 is 4.72 Å². The Morgan fingerprint density at radius 1 is 1.42 bits per heavy atom. The van der Waals surface area contributed by atoms with Gasteiger partial charge in [0.2, 0.25) is 10.0 Å². The molecule has 0 saturated carbocycles. The van der Waals surface area contributed by atoms with Gasteiger partial charge in [-0.05, 0) is 31.3 Å². The van der Waals surface area contributed by atoms with Gasteiger partial charge in [0.05, 0.1) is 17.6 Å². The summed E-state index contributed by atoms with van der Waals surface area (Å²) in [5.74, 6) is 0. The first kappa shape index (κ1) is 14.9. The third-order valence-electron chi connectivity index (χ3n) is 2.97. The quantitative estimate of drug-likeness (QED) is 0.883. The normalized spacial score (nSPS) is 21.5. The third-order valence-corrected chi connectivity index (χ3v) is 4.93. The molecule has 0 aromatic heterocycles. The predicted molar refractivity (Wildman–Crippen MR) is 76.6 cm³/mol. The fraction of sp³-hybridized carbons (Fsp3) is 0.500. The van der Waals surface area contributed by atoms with E-state index in [-0.39, 0.29) is 11.0 Å². The molecule has 1 aliphatic heterocycles. The molecule has 106 valence electrons. The van der Waals surface area contributed by atoms with Gasteiger partial charge in [-0.2, -0.15) is 0 Å². The molecule has 7 heteroatoms. The number of halogens is 1. The summed E-state index contributed by atoms with van der Waals surface area (Å²) in [6, 6.07) is 6.55. The molecule has 19 heavy (non-hydrogen) atoms. The minimum absolute atomic E-state index is 0.0935. The Morgan fingerprint density at radius 3 is 2.74 bits per heavy atom. The van der Waals surface area contributed by atoms with Crippen LogP contribution in [0.1, 0.15) is 0 Å². The summed E-state index contributed by atoms with van der Waals surface area (Å²) in [5.41, 5.74) is 0. The van der Waals surface area contributed by atoms with Crippen molar-refractivity contribution in [1.29, 1.82) is 0 Å². The van der Waals surface area contributed by atoms with Crippen LogP contribution in [0.3, 0.4) is 0 Å². The van der Waals surface area contributed by atoms with Crippen molar-refractivity contribution in [2.75, 3.05) is 33.3 Å². The summed E-state index contributed by atoms with van der Waals surface area (Å²) in [6.07, 6.45) is -0.0935. The Kier molecular flexibility index (Phi) is 4.97. The van der Waals surface area contributed by atoms with E-state index in [0.717, 1.165) is 17.6 Å². The lowest BCUT2D eigenvalue weighted by Crippen LogP contribution is -2.45. The number of sulfonamides is 1. The lowest BCUT2D eigenvalue weighted by molar-refractivity contribution is -0.0156. The van der Waals surface area contributed by atoms with E-state index in [1.807, 2.05) is 7.05 Å². The highest BCUT2D eigenvalue weighted by atomic mass is 79.9.